The number of aromatic nitrogens is 2. The lowest BCUT2D eigenvalue weighted by atomic mass is 10.4. The van der Waals surface area contributed by atoms with Gasteiger partial charge in [-0.15, -0.1) is 6.58 Å². The first kappa shape index (κ1) is 10.6. The van der Waals surface area contributed by atoms with E-state index in [9.17, 15) is 10.1 Å². The summed E-state index contributed by atoms with van der Waals surface area (Å²) in [5.74, 6) is -0.194. The molecule has 0 N–H and O–H groups in total. The fraction of sp³-hybridized carbons (Fsp3) is 0.444. The zero-order chi connectivity index (χ0) is 11.5. The van der Waals surface area contributed by atoms with Crippen molar-refractivity contribution in [2.24, 2.45) is 0 Å². The number of nitrogens with zero attached hydrogens (tertiary/aromatic N) is 3. The first-order valence-corrected chi connectivity index (χ1v) is 4.77. The Morgan fingerprint density at radius 1 is 1.88 bits per heavy atom. The normalized spacial score (nSPS) is 17.9. The molecular weight excluding hydrogens is 214 g/mol. The first-order valence-electron chi connectivity index (χ1n) is 4.77. The Morgan fingerprint density at radius 3 is 3.31 bits per heavy atom. The van der Waals surface area contributed by atoms with Gasteiger partial charge in [0.05, 0.1) is 19.8 Å². The lowest BCUT2D eigenvalue weighted by Gasteiger charge is -2.07. The van der Waals surface area contributed by atoms with Crippen LogP contribution in [0.3, 0.4) is 0 Å². The van der Waals surface area contributed by atoms with Crippen LogP contribution in [0.15, 0.2) is 18.9 Å². The molecule has 1 aromatic heterocycles. The molecule has 0 bridgehead atoms. The molecule has 1 aliphatic heterocycles. The molecule has 0 spiro atoms. The van der Waals surface area contributed by atoms with Gasteiger partial charge in [-0.2, -0.15) is 0 Å². The maximum absolute atomic E-state index is 10.4. The number of nitro groups is 1. The van der Waals surface area contributed by atoms with E-state index in [2.05, 4.69) is 11.6 Å². The molecule has 7 heteroatoms. The summed E-state index contributed by atoms with van der Waals surface area (Å²) in [6.45, 7) is 4.93. The smallest absolute Gasteiger partial charge is 0.414 e. The van der Waals surface area contributed by atoms with Crippen molar-refractivity contribution >= 4 is 5.82 Å². The highest BCUT2D eigenvalue weighted by Gasteiger charge is 2.31. The Balaban J connectivity index is 1.92. The number of imidazole rings is 1. The third-order valence-electron chi connectivity index (χ3n) is 2.13. The van der Waals surface area contributed by atoms with Gasteiger partial charge in [0.2, 0.25) is 0 Å². The highest BCUT2D eigenvalue weighted by atomic mass is 16.6. The van der Waals surface area contributed by atoms with Crippen LogP contribution in [0.1, 0.15) is 0 Å². The molecule has 2 rings (SSSR count). The fourth-order valence-electron chi connectivity index (χ4n) is 1.47. The zero-order valence-electron chi connectivity index (χ0n) is 8.54. The maximum atomic E-state index is 10.4. The summed E-state index contributed by atoms with van der Waals surface area (Å²) in [5, 5.41) is 10.4. The Kier molecular flexibility index (Phi) is 2.86. The molecule has 1 atom stereocenters. The van der Waals surface area contributed by atoms with Gasteiger partial charge in [-0.3, -0.25) is 4.57 Å². The standard InChI is InChI=1S/C9H11N3O4/c1-2-3-15-6-7-4-11-5-8(12(13)14)10-9(11)16-7/h2,5,7H,1,3-4,6H2. The summed E-state index contributed by atoms with van der Waals surface area (Å²) in [6.07, 6.45) is 2.88. The first-order chi connectivity index (χ1) is 7.70. The molecule has 0 aromatic carbocycles. The molecule has 0 saturated heterocycles. The summed E-state index contributed by atoms with van der Waals surface area (Å²) >= 11 is 0. The third-order valence-corrected chi connectivity index (χ3v) is 2.13. The number of ether oxygens (including phenoxy) is 2. The second kappa shape index (κ2) is 4.31. The molecule has 16 heavy (non-hydrogen) atoms. The van der Waals surface area contributed by atoms with Crippen LogP contribution in [0.2, 0.25) is 0 Å². The molecule has 0 fully saturated rings. The van der Waals surface area contributed by atoms with Crippen LogP contribution >= 0.6 is 0 Å². The van der Waals surface area contributed by atoms with Crippen molar-refractivity contribution in [3.05, 3.63) is 29.0 Å². The lowest BCUT2D eigenvalue weighted by molar-refractivity contribution is -0.389. The minimum atomic E-state index is -0.544. The maximum Gasteiger partial charge on any atom is 0.414 e. The Morgan fingerprint density at radius 2 is 2.69 bits per heavy atom. The summed E-state index contributed by atoms with van der Waals surface area (Å²) in [4.78, 5) is 13.6. The minimum absolute atomic E-state index is 0.136. The summed E-state index contributed by atoms with van der Waals surface area (Å²) in [5.41, 5.74) is 0. The van der Waals surface area contributed by atoms with Crippen molar-refractivity contribution in [1.29, 1.82) is 0 Å². The van der Waals surface area contributed by atoms with Crippen molar-refractivity contribution in [2.75, 3.05) is 13.2 Å². The number of fused-ring (bicyclic) bond motifs is 1. The predicted molar refractivity (Wildman–Crippen MR) is 54.3 cm³/mol. The third kappa shape index (κ3) is 2.03. The van der Waals surface area contributed by atoms with Gasteiger partial charge in [0.25, 0.3) is 0 Å². The van der Waals surface area contributed by atoms with Crippen LogP contribution in [-0.2, 0) is 11.3 Å². The second-order valence-electron chi connectivity index (χ2n) is 3.36. The summed E-state index contributed by atoms with van der Waals surface area (Å²) in [6, 6.07) is 0.277. The minimum Gasteiger partial charge on any atom is -0.438 e. The van der Waals surface area contributed by atoms with E-state index in [1.807, 2.05) is 0 Å². The van der Waals surface area contributed by atoms with Crippen molar-refractivity contribution in [2.45, 2.75) is 12.6 Å². The van der Waals surface area contributed by atoms with Crippen molar-refractivity contribution in [3.63, 3.8) is 0 Å². The van der Waals surface area contributed by atoms with Gasteiger partial charge < -0.3 is 19.6 Å². The van der Waals surface area contributed by atoms with Gasteiger partial charge >= 0.3 is 11.8 Å². The van der Waals surface area contributed by atoms with Gasteiger partial charge in [-0.05, 0) is 4.92 Å². The molecule has 0 radical (unpaired) electrons. The lowest BCUT2D eigenvalue weighted by Crippen LogP contribution is -2.21. The molecular formula is C9H11N3O4. The van der Waals surface area contributed by atoms with E-state index in [1.54, 1.807) is 10.6 Å². The highest BCUT2D eigenvalue weighted by molar-refractivity contribution is 5.22. The summed E-state index contributed by atoms with van der Waals surface area (Å²) < 4.78 is 12.2. The predicted octanol–water partition coefficient (Wildman–Crippen LogP) is 0.755. The van der Waals surface area contributed by atoms with Gasteiger partial charge in [-0.1, -0.05) is 6.08 Å². The van der Waals surface area contributed by atoms with E-state index in [-0.39, 0.29) is 17.9 Å². The van der Waals surface area contributed by atoms with E-state index in [1.165, 1.54) is 6.20 Å². The monoisotopic (exact) mass is 225 g/mol. The quantitative estimate of drug-likeness (QED) is 0.320. The molecule has 1 aromatic rings. The Bertz CT molecular complexity index is 391. The highest BCUT2D eigenvalue weighted by Crippen LogP contribution is 2.24. The molecule has 1 unspecified atom stereocenters. The molecule has 86 valence electrons. The van der Waals surface area contributed by atoms with Crippen LogP contribution in [0.4, 0.5) is 5.82 Å². The van der Waals surface area contributed by atoms with E-state index in [0.29, 0.717) is 19.8 Å². The largest absolute Gasteiger partial charge is 0.438 e. The van der Waals surface area contributed by atoms with Crippen molar-refractivity contribution < 1.29 is 14.4 Å². The van der Waals surface area contributed by atoms with Crippen LogP contribution in [0.25, 0.3) is 0 Å². The molecule has 7 nitrogen and oxygen atoms in total. The molecule has 0 aliphatic carbocycles. The van der Waals surface area contributed by atoms with Gasteiger partial charge in [0.15, 0.2) is 0 Å². The van der Waals surface area contributed by atoms with Crippen LogP contribution in [-0.4, -0.2) is 33.8 Å². The van der Waals surface area contributed by atoms with Crippen molar-refractivity contribution in [3.8, 4) is 6.01 Å². The molecule has 2 heterocycles. The van der Waals surface area contributed by atoms with Crippen LogP contribution in [0.5, 0.6) is 6.01 Å². The number of hydrogen-bond donors (Lipinski definition) is 0. The molecule has 1 aliphatic rings. The fourth-order valence-corrected chi connectivity index (χ4v) is 1.47. The van der Waals surface area contributed by atoms with E-state index < -0.39 is 4.92 Å². The van der Waals surface area contributed by atoms with Crippen molar-refractivity contribution in [1.82, 2.24) is 9.55 Å². The molecule has 0 saturated carbocycles. The average Bonchev–Trinajstić information content (AvgIpc) is 2.75. The zero-order valence-corrected chi connectivity index (χ0v) is 8.54. The second-order valence-corrected chi connectivity index (χ2v) is 3.36. The van der Waals surface area contributed by atoms with Gasteiger partial charge in [-0.25, -0.2) is 0 Å². The topological polar surface area (TPSA) is 79.4 Å². The number of rotatable bonds is 5. The van der Waals surface area contributed by atoms with Crippen LogP contribution in [0, 0.1) is 10.1 Å². The van der Waals surface area contributed by atoms with E-state index in [4.69, 9.17) is 9.47 Å². The Labute approximate surface area is 91.4 Å². The summed E-state index contributed by atoms with van der Waals surface area (Å²) in [7, 11) is 0. The van der Waals surface area contributed by atoms with Crippen LogP contribution < -0.4 is 4.74 Å². The van der Waals surface area contributed by atoms with Gasteiger partial charge in [0, 0.05) is 4.98 Å². The SMILES string of the molecule is C=CCOCC1Cn2cc([N+](=O)[O-])nc2O1. The molecule has 0 amide bonds. The van der Waals surface area contributed by atoms with E-state index in [0.717, 1.165) is 0 Å². The van der Waals surface area contributed by atoms with Gasteiger partial charge in [0.1, 0.15) is 12.3 Å². The average molecular weight is 225 g/mol. The Hall–Kier alpha value is -1.89. The number of hydrogen-bond acceptors (Lipinski definition) is 5. The van der Waals surface area contributed by atoms with E-state index >= 15 is 0 Å².